The second-order valence-electron chi connectivity index (χ2n) is 8.92. The van der Waals surface area contributed by atoms with Crippen molar-refractivity contribution in [2.45, 2.75) is 39.5 Å². The van der Waals surface area contributed by atoms with Gasteiger partial charge in [0.2, 0.25) is 0 Å². The SMILES string of the molecule is CCOCc1nc2c(N)nc3ccccc3c2n1[C@@H](C)COP(=O)(N[C@@H](C)COC)Oc1ccc(Cl)cc1. The van der Waals surface area contributed by atoms with E-state index in [1.807, 2.05) is 49.6 Å². The Morgan fingerprint density at radius 1 is 1.11 bits per heavy atom. The fourth-order valence-corrected chi connectivity index (χ4v) is 5.93. The van der Waals surface area contributed by atoms with E-state index in [0.717, 1.165) is 16.4 Å². The van der Waals surface area contributed by atoms with Gasteiger partial charge in [0.25, 0.3) is 0 Å². The minimum atomic E-state index is -3.83. The summed E-state index contributed by atoms with van der Waals surface area (Å²) in [7, 11) is -2.26. The zero-order valence-corrected chi connectivity index (χ0v) is 23.5. The molecule has 0 fully saturated rings. The smallest absolute Gasteiger partial charge is 0.413 e. The molecule has 0 saturated heterocycles. The van der Waals surface area contributed by atoms with E-state index in [9.17, 15) is 4.57 Å². The second kappa shape index (κ2) is 12.4. The molecule has 204 valence electrons. The highest BCUT2D eigenvalue weighted by molar-refractivity contribution is 7.52. The van der Waals surface area contributed by atoms with Crippen LogP contribution < -0.4 is 15.3 Å². The van der Waals surface area contributed by atoms with Crippen LogP contribution in [0.3, 0.4) is 0 Å². The number of methoxy groups -OCH3 is 1. The third-order valence-electron chi connectivity index (χ3n) is 5.82. The third-order valence-corrected chi connectivity index (χ3v) is 7.77. The fraction of sp³-hybridized carbons (Fsp3) is 0.385. The number of ether oxygens (including phenoxy) is 2. The molecular formula is C26H33ClN5O5P. The van der Waals surface area contributed by atoms with Gasteiger partial charge in [0.15, 0.2) is 5.82 Å². The van der Waals surface area contributed by atoms with E-state index in [-0.39, 0.29) is 25.3 Å². The first-order valence-electron chi connectivity index (χ1n) is 12.3. The zero-order valence-electron chi connectivity index (χ0n) is 21.9. The maximum absolute atomic E-state index is 13.9. The van der Waals surface area contributed by atoms with Crippen LogP contribution in [0.1, 0.15) is 32.6 Å². The Labute approximate surface area is 227 Å². The molecule has 3 atom stereocenters. The van der Waals surface area contributed by atoms with Crippen molar-refractivity contribution in [3.8, 4) is 5.75 Å². The van der Waals surface area contributed by atoms with Crippen LogP contribution in [0, 0.1) is 0 Å². The van der Waals surface area contributed by atoms with Gasteiger partial charge in [-0.3, -0.25) is 4.52 Å². The van der Waals surface area contributed by atoms with Crippen LogP contribution in [0.4, 0.5) is 5.82 Å². The summed E-state index contributed by atoms with van der Waals surface area (Å²) in [6.07, 6.45) is 0. The molecule has 0 aliphatic heterocycles. The van der Waals surface area contributed by atoms with E-state index in [1.165, 1.54) is 0 Å². The first-order valence-corrected chi connectivity index (χ1v) is 14.3. The molecule has 0 saturated carbocycles. The summed E-state index contributed by atoms with van der Waals surface area (Å²) in [5.41, 5.74) is 8.45. The number of para-hydroxylation sites is 1. The predicted octanol–water partition coefficient (Wildman–Crippen LogP) is 5.75. The van der Waals surface area contributed by atoms with Gasteiger partial charge in [-0.2, -0.15) is 0 Å². The first kappa shape index (κ1) is 28.3. The van der Waals surface area contributed by atoms with E-state index in [2.05, 4.69) is 10.1 Å². The molecule has 2 heterocycles. The average Bonchev–Trinajstić information content (AvgIpc) is 3.28. The average molecular weight is 562 g/mol. The number of nitrogens with one attached hydrogen (secondary N) is 1. The summed E-state index contributed by atoms with van der Waals surface area (Å²) in [4.78, 5) is 9.28. The maximum Gasteiger partial charge on any atom is 0.459 e. The summed E-state index contributed by atoms with van der Waals surface area (Å²) in [5.74, 6) is 1.35. The number of nitrogen functional groups attached to an aromatic ring is 1. The van der Waals surface area contributed by atoms with Gasteiger partial charge in [0, 0.05) is 30.2 Å². The Hall–Kier alpha value is -2.72. The highest BCUT2D eigenvalue weighted by Crippen LogP contribution is 2.46. The van der Waals surface area contributed by atoms with Gasteiger partial charge in [-0.05, 0) is 51.1 Å². The minimum absolute atomic E-state index is 0.0404. The number of hydrogen-bond acceptors (Lipinski definition) is 8. The lowest BCUT2D eigenvalue weighted by molar-refractivity contribution is 0.122. The summed E-state index contributed by atoms with van der Waals surface area (Å²) in [6, 6.07) is 13.7. The second-order valence-corrected chi connectivity index (χ2v) is 11.0. The molecule has 2 aromatic heterocycles. The third kappa shape index (κ3) is 6.46. The number of aromatic nitrogens is 3. The number of nitrogens with two attached hydrogens (primary N) is 1. The summed E-state index contributed by atoms with van der Waals surface area (Å²) in [5, 5.41) is 4.39. The molecule has 0 radical (unpaired) electrons. The lowest BCUT2D eigenvalue weighted by Crippen LogP contribution is -2.31. The molecule has 4 rings (SSSR count). The number of halogens is 1. The predicted molar refractivity (Wildman–Crippen MR) is 150 cm³/mol. The number of fused-ring (bicyclic) bond motifs is 3. The molecule has 0 bridgehead atoms. The Kier molecular flexibility index (Phi) is 9.25. The number of imidazole rings is 1. The molecule has 0 aliphatic carbocycles. The monoisotopic (exact) mass is 561 g/mol. The summed E-state index contributed by atoms with van der Waals surface area (Å²) >= 11 is 6.00. The highest BCUT2D eigenvalue weighted by Gasteiger charge is 2.31. The highest BCUT2D eigenvalue weighted by atomic mass is 35.5. The van der Waals surface area contributed by atoms with Crippen LogP contribution in [0.5, 0.6) is 5.75 Å². The maximum atomic E-state index is 13.9. The lowest BCUT2D eigenvalue weighted by atomic mass is 10.1. The van der Waals surface area contributed by atoms with Crippen LogP contribution in [-0.4, -0.2) is 47.5 Å². The molecule has 38 heavy (non-hydrogen) atoms. The number of rotatable bonds is 13. The van der Waals surface area contributed by atoms with Crippen LogP contribution >= 0.6 is 19.3 Å². The Morgan fingerprint density at radius 3 is 2.55 bits per heavy atom. The van der Waals surface area contributed by atoms with Crippen LogP contribution in [-0.2, 0) is 25.2 Å². The van der Waals surface area contributed by atoms with Gasteiger partial charge >= 0.3 is 7.75 Å². The van der Waals surface area contributed by atoms with Crippen LogP contribution in [0.2, 0.25) is 5.02 Å². The van der Waals surface area contributed by atoms with Crippen molar-refractivity contribution >= 4 is 47.1 Å². The van der Waals surface area contributed by atoms with Gasteiger partial charge in [-0.25, -0.2) is 19.6 Å². The van der Waals surface area contributed by atoms with Crippen molar-refractivity contribution in [3.63, 3.8) is 0 Å². The minimum Gasteiger partial charge on any atom is -0.413 e. The van der Waals surface area contributed by atoms with E-state index in [0.29, 0.717) is 41.1 Å². The van der Waals surface area contributed by atoms with Gasteiger partial charge in [0.05, 0.1) is 30.3 Å². The van der Waals surface area contributed by atoms with Gasteiger partial charge in [0.1, 0.15) is 23.7 Å². The Bertz CT molecular complexity index is 1430. The van der Waals surface area contributed by atoms with Crippen molar-refractivity contribution in [1.29, 1.82) is 0 Å². The van der Waals surface area contributed by atoms with E-state index in [1.54, 1.807) is 31.4 Å². The van der Waals surface area contributed by atoms with Crippen molar-refractivity contribution in [2.75, 3.05) is 32.7 Å². The molecule has 1 unspecified atom stereocenters. The number of nitrogens with zero attached hydrogens (tertiary/aromatic N) is 3. The molecule has 0 spiro atoms. The molecule has 3 N–H and O–H groups in total. The Morgan fingerprint density at radius 2 is 1.84 bits per heavy atom. The van der Waals surface area contributed by atoms with Gasteiger partial charge in [-0.15, -0.1) is 0 Å². The van der Waals surface area contributed by atoms with E-state index >= 15 is 0 Å². The van der Waals surface area contributed by atoms with Crippen molar-refractivity contribution in [3.05, 3.63) is 59.4 Å². The van der Waals surface area contributed by atoms with E-state index in [4.69, 9.17) is 40.8 Å². The summed E-state index contributed by atoms with van der Waals surface area (Å²) in [6.45, 7) is 6.85. The largest absolute Gasteiger partial charge is 0.459 e. The van der Waals surface area contributed by atoms with Gasteiger partial charge < -0.3 is 24.3 Å². The number of pyridine rings is 1. The first-order chi connectivity index (χ1) is 18.2. The number of benzene rings is 2. The number of anilines is 1. The molecule has 10 nitrogen and oxygen atoms in total. The van der Waals surface area contributed by atoms with Crippen molar-refractivity contribution in [1.82, 2.24) is 19.6 Å². The zero-order chi connectivity index (χ0) is 27.3. The molecule has 0 aliphatic rings. The molecule has 4 aromatic rings. The van der Waals surface area contributed by atoms with Gasteiger partial charge in [-0.1, -0.05) is 29.8 Å². The van der Waals surface area contributed by atoms with Crippen molar-refractivity contribution in [2.24, 2.45) is 0 Å². The number of hydrogen-bond donors (Lipinski definition) is 2. The summed E-state index contributed by atoms with van der Waals surface area (Å²) < 4.78 is 38.7. The van der Waals surface area contributed by atoms with Crippen LogP contribution in [0.15, 0.2) is 48.5 Å². The van der Waals surface area contributed by atoms with Crippen molar-refractivity contribution < 1.29 is 23.1 Å². The quantitative estimate of drug-likeness (QED) is 0.196. The fourth-order valence-electron chi connectivity index (χ4n) is 4.20. The topological polar surface area (TPSA) is 123 Å². The van der Waals surface area contributed by atoms with Crippen LogP contribution in [0.25, 0.3) is 21.9 Å². The lowest BCUT2D eigenvalue weighted by Gasteiger charge is -2.25. The van der Waals surface area contributed by atoms with E-state index < -0.39 is 7.75 Å². The molecule has 2 aromatic carbocycles. The molecule has 12 heteroatoms. The normalized spacial score (nSPS) is 15.0. The Balaban J connectivity index is 1.69. The molecule has 0 amide bonds. The standard InChI is InChI=1S/C26H33ClN5O5P/c1-5-35-16-23-30-24-25(21-8-6-7-9-22(21)29-26(24)28)32(23)18(3)15-36-38(33,31-17(2)14-34-4)37-20-12-10-19(27)11-13-20/h6-13,17-18H,5,14-16H2,1-4H3,(H2,28,29)(H,31,33)/t17-,18-,38?/m0/s1. The molecular weight excluding hydrogens is 529 g/mol.